The summed E-state index contributed by atoms with van der Waals surface area (Å²) in [5.74, 6) is 4.72. The van der Waals surface area contributed by atoms with Gasteiger partial charge in [-0.05, 0) is 124 Å². The predicted octanol–water partition coefficient (Wildman–Crippen LogP) is 11.8. The van der Waals surface area contributed by atoms with E-state index in [-0.39, 0.29) is 17.3 Å². The van der Waals surface area contributed by atoms with Gasteiger partial charge in [-0.3, -0.25) is 19.3 Å². The number of likely N-dealkylation sites (N-methyl/N-ethyl adjacent to an activating group) is 2. The van der Waals surface area contributed by atoms with E-state index < -0.39 is 0 Å². The van der Waals surface area contributed by atoms with Gasteiger partial charge in [0.15, 0.2) is 11.6 Å². The van der Waals surface area contributed by atoms with Crippen molar-refractivity contribution in [1.29, 1.82) is 0 Å². The van der Waals surface area contributed by atoms with E-state index >= 15 is 0 Å². The molecule has 0 radical (unpaired) electrons. The number of epoxide rings is 1. The minimum Gasteiger partial charge on any atom is -0.381 e. The van der Waals surface area contributed by atoms with E-state index in [1.165, 1.54) is 79.0 Å². The van der Waals surface area contributed by atoms with E-state index in [0.717, 1.165) is 51.7 Å². The van der Waals surface area contributed by atoms with Gasteiger partial charge in [0.05, 0.1) is 12.7 Å². The molecule has 0 aromatic heterocycles. The molecule has 4 fully saturated rings. The third kappa shape index (κ3) is 155. The molecule has 366 valence electrons. The normalized spacial score (nSPS) is 13.1. The standard InChI is InChI=1S/C8H14.C7H13N.C6H8O.C5H8.C4H9N.C4H6O.C4H4O.C3H7N.2C3H6O.C3H4.C2H6.CH3N3/c2*1-4-6-8(3)7-5-2;1-3-4-5-6(2)7;1-3-5-4-2;1-5-3-2-4-5;2*1-3-4(2)5;1-4-2-3-4;1-3-2-4-3;1-2-4-3-1;1-3-2;1-2;1-3-4-2/h4-5,8H,1-2,6-7H2,3H3;4-5H,1-2,6-7H2,3H3;3-5H,1H2,2H3;3-5H,1H2,2H3;2-4H2,1H3;3H,1H2,2H3;1H,2H3;2-3H2,1H3;3H,2H2,1H3;1-3H2;1H,2H3;1-2H3;1H3. The van der Waals surface area contributed by atoms with Crippen molar-refractivity contribution in [2.75, 3.05) is 87.3 Å². The Kier molecular flexibility index (Phi) is 97.1. The molecule has 4 saturated heterocycles. The van der Waals surface area contributed by atoms with Gasteiger partial charge in [-0.25, -0.2) is 0 Å². The quantitative estimate of drug-likeness (QED) is 0.0218. The van der Waals surface area contributed by atoms with Crippen molar-refractivity contribution in [3.63, 3.8) is 0 Å². The maximum absolute atomic E-state index is 10.1. The molecule has 64 heavy (non-hydrogen) atoms. The molecule has 4 heterocycles. The number of carbonyl (C=O) groups is 3. The Morgan fingerprint density at radius 2 is 1.14 bits per heavy atom. The maximum Gasteiger partial charge on any atom is 0.202 e. The molecule has 0 N–H and O–H groups in total. The Balaban J connectivity index is -0.0000000740. The van der Waals surface area contributed by atoms with E-state index in [2.05, 4.69) is 117 Å². The number of likely N-dealkylation sites (tertiary alicyclic amines) is 1. The van der Waals surface area contributed by atoms with Crippen molar-refractivity contribution >= 4 is 17.3 Å². The number of ether oxygens (including phenoxy) is 2. The molecule has 11 nitrogen and oxygen atoms in total. The average Bonchev–Trinajstić information content (AvgIpc) is 4.19. The number of ketones is 3. The van der Waals surface area contributed by atoms with Gasteiger partial charge in [0, 0.05) is 58.3 Å². The van der Waals surface area contributed by atoms with Crippen LogP contribution >= 0.6 is 0 Å². The molecule has 0 aromatic rings. The van der Waals surface area contributed by atoms with Gasteiger partial charge in [-0.2, -0.15) is 0 Å². The van der Waals surface area contributed by atoms with Crippen molar-refractivity contribution in [2.24, 2.45) is 11.0 Å². The molecule has 0 amide bonds. The maximum atomic E-state index is 10.1. The van der Waals surface area contributed by atoms with Crippen LogP contribution in [-0.2, 0) is 23.9 Å². The zero-order chi connectivity index (χ0) is 51.8. The van der Waals surface area contributed by atoms with Gasteiger partial charge in [-0.15, -0.1) is 45.1 Å². The monoisotopic (exact) mass is 895 g/mol. The largest absolute Gasteiger partial charge is 0.381 e. The van der Waals surface area contributed by atoms with Crippen LogP contribution in [0, 0.1) is 30.6 Å². The van der Waals surface area contributed by atoms with E-state index in [0.29, 0.717) is 6.10 Å². The van der Waals surface area contributed by atoms with Crippen molar-refractivity contribution in [2.45, 2.75) is 94.1 Å². The number of rotatable bonds is 12. The van der Waals surface area contributed by atoms with Gasteiger partial charge in [0.2, 0.25) is 5.78 Å². The van der Waals surface area contributed by atoms with Crippen molar-refractivity contribution < 1.29 is 23.9 Å². The molecule has 4 aliphatic rings. The fraction of sp³-hybridized carbons (Fsp3) is 0.528. The molecular formula is C53H94N6O5. The van der Waals surface area contributed by atoms with E-state index in [4.69, 9.17) is 15.0 Å². The first kappa shape index (κ1) is 79.3. The van der Waals surface area contributed by atoms with Crippen LogP contribution < -0.4 is 0 Å². The number of Topliss-reactive ketones (excluding diaryl/α,β-unsaturated/α-hetero) is 1. The number of nitrogens with zero attached hydrogens (tertiary/aromatic N) is 6. The van der Waals surface area contributed by atoms with Crippen molar-refractivity contribution in [3.8, 4) is 24.7 Å². The van der Waals surface area contributed by atoms with Gasteiger partial charge >= 0.3 is 0 Å². The van der Waals surface area contributed by atoms with Crippen molar-refractivity contribution in [1.82, 2.24) is 14.7 Å². The number of terminal acetylenes is 2. The summed E-state index contributed by atoms with van der Waals surface area (Å²) in [4.78, 5) is 38.4. The Morgan fingerprint density at radius 1 is 0.844 bits per heavy atom. The minimum absolute atomic E-state index is 0.0185. The first-order valence-corrected chi connectivity index (χ1v) is 21.5. The summed E-state index contributed by atoms with van der Waals surface area (Å²) in [5, 5.41) is 2.92. The summed E-state index contributed by atoms with van der Waals surface area (Å²) in [5.41, 5.74) is 7.33. The molecule has 0 saturated carbocycles. The fourth-order valence-corrected chi connectivity index (χ4v) is 2.34. The molecule has 0 aromatic carbocycles. The fourth-order valence-electron chi connectivity index (χ4n) is 2.34. The van der Waals surface area contributed by atoms with Crippen LogP contribution in [0.15, 0.2) is 118 Å². The Morgan fingerprint density at radius 3 is 1.22 bits per heavy atom. The lowest BCUT2D eigenvalue weighted by Crippen LogP contribution is -2.32. The average molecular weight is 895 g/mol. The summed E-state index contributed by atoms with van der Waals surface area (Å²) >= 11 is 0. The lowest BCUT2D eigenvalue weighted by atomic mass is 10.0. The Bertz CT molecular complexity index is 1230. The van der Waals surface area contributed by atoms with E-state index in [1.54, 1.807) is 25.2 Å². The summed E-state index contributed by atoms with van der Waals surface area (Å²) in [6.45, 7) is 50.9. The molecule has 0 aliphatic carbocycles. The number of azide groups is 1. The molecular weight excluding hydrogens is 801 g/mol. The highest BCUT2D eigenvalue weighted by Gasteiger charge is 2.13. The molecule has 0 spiro atoms. The van der Waals surface area contributed by atoms with Crippen LogP contribution in [0.4, 0.5) is 0 Å². The zero-order valence-corrected chi connectivity index (χ0v) is 43.0. The Labute approximate surface area is 395 Å². The first-order valence-electron chi connectivity index (χ1n) is 21.5. The first-order chi connectivity index (χ1) is 30.4. The second kappa shape index (κ2) is 78.4. The predicted molar refractivity (Wildman–Crippen MR) is 283 cm³/mol. The highest BCUT2D eigenvalue weighted by molar-refractivity contribution is 5.92. The minimum atomic E-state index is -0.218. The summed E-state index contributed by atoms with van der Waals surface area (Å²) < 4.78 is 9.43. The van der Waals surface area contributed by atoms with Gasteiger partial charge in [0.25, 0.3) is 0 Å². The van der Waals surface area contributed by atoms with Crippen molar-refractivity contribution in [3.05, 3.63) is 123 Å². The zero-order valence-electron chi connectivity index (χ0n) is 43.0. The highest BCUT2D eigenvalue weighted by Crippen LogP contribution is 2.06. The second-order valence-electron chi connectivity index (χ2n) is 13.1. The summed E-state index contributed by atoms with van der Waals surface area (Å²) in [6, 6.07) is 0. The van der Waals surface area contributed by atoms with Gasteiger partial charge < -0.3 is 19.3 Å². The van der Waals surface area contributed by atoms with Crippen LogP contribution in [0.2, 0.25) is 0 Å². The van der Waals surface area contributed by atoms with Crippen LogP contribution in [0.3, 0.4) is 0 Å². The number of hydrogen-bond donors (Lipinski definition) is 0. The number of hydrogen-bond acceptors (Lipinski definition) is 9. The molecule has 4 aliphatic heterocycles. The van der Waals surface area contributed by atoms with E-state index in [9.17, 15) is 14.4 Å². The van der Waals surface area contributed by atoms with Crippen LogP contribution in [-0.4, -0.2) is 125 Å². The molecule has 1 atom stereocenters. The molecule has 4 rings (SSSR count). The van der Waals surface area contributed by atoms with Crippen LogP contribution in [0.25, 0.3) is 10.4 Å². The lowest BCUT2D eigenvalue weighted by Gasteiger charge is -2.24. The summed E-state index contributed by atoms with van der Waals surface area (Å²) in [6.07, 6.45) is 33.8. The Hall–Kier alpha value is -5.10. The molecule has 11 heteroatoms. The van der Waals surface area contributed by atoms with Crippen LogP contribution in [0.1, 0.15) is 88.0 Å². The second-order valence-corrected chi connectivity index (χ2v) is 13.1. The smallest absolute Gasteiger partial charge is 0.202 e. The highest BCUT2D eigenvalue weighted by atomic mass is 16.6. The molecule has 1 unspecified atom stereocenters. The third-order valence-corrected chi connectivity index (χ3v) is 6.22. The lowest BCUT2D eigenvalue weighted by molar-refractivity contribution is -0.113. The summed E-state index contributed by atoms with van der Waals surface area (Å²) in [7, 11) is 7.67. The van der Waals surface area contributed by atoms with Gasteiger partial charge in [0.1, 0.15) is 0 Å². The molecule has 0 bridgehead atoms. The third-order valence-electron chi connectivity index (χ3n) is 6.22. The van der Waals surface area contributed by atoms with Crippen LogP contribution in [0.5, 0.6) is 0 Å². The van der Waals surface area contributed by atoms with E-state index in [1.807, 2.05) is 70.2 Å². The topological polar surface area (TPSA) is 131 Å². The number of carbonyl (C=O) groups excluding carboxylic acids is 3. The van der Waals surface area contributed by atoms with Gasteiger partial charge in [-0.1, -0.05) is 100 Å². The number of allylic oxidation sites excluding steroid dienone is 9. The SMILES string of the molecule is C#CC.C#CC(C)=O.C1COC1.C=CC(C)=O.C=CC=CC.C=CC=CC(C)=O.C=CCC(C)CC=C.C=CCN(C)CC=C.CC.CC1CO1.CN1CC1.CN1CCC1.CN=[N+]=[N-].